The maximum Gasteiger partial charge on any atom is 0.276 e. The van der Waals surface area contributed by atoms with Crippen LogP contribution in [-0.4, -0.2) is 21.8 Å². The van der Waals surface area contributed by atoms with Gasteiger partial charge in [-0.25, -0.2) is 4.98 Å². The average molecular weight is 390 g/mol. The molecule has 2 atom stereocenters. The summed E-state index contributed by atoms with van der Waals surface area (Å²) in [6.07, 6.45) is 0.780. The Morgan fingerprint density at radius 2 is 2.00 bits per heavy atom. The molecule has 5 nitrogen and oxygen atoms in total. The zero-order chi connectivity index (χ0) is 18.4. The van der Waals surface area contributed by atoms with Crippen molar-refractivity contribution >= 4 is 23.1 Å². The van der Waals surface area contributed by atoms with E-state index in [-0.39, 0.29) is 6.10 Å². The lowest BCUT2D eigenvalue weighted by molar-refractivity contribution is 0.0761. The summed E-state index contributed by atoms with van der Waals surface area (Å²) in [7, 11) is 0. The summed E-state index contributed by atoms with van der Waals surface area (Å²) in [4.78, 5) is 4.62. The average Bonchev–Trinajstić information content (AvgIpc) is 3.30. The van der Waals surface area contributed by atoms with Crippen molar-refractivity contribution in [2.75, 3.05) is 6.61 Å². The van der Waals surface area contributed by atoms with Gasteiger partial charge in [-0.2, -0.15) is 0 Å². The molecule has 138 valence electrons. The van der Waals surface area contributed by atoms with Gasteiger partial charge in [0.2, 0.25) is 5.89 Å². The molecule has 0 fully saturated rings. The number of hydrogen-bond acceptors (Lipinski definition) is 7. The monoisotopic (exact) mass is 389 g/mol. The van der Waals surface area contributed by atoms with E-state index in [2.05, 4.69) is 51.8 Å². The lowest BCUT2D eigenvalue weighted by Gasteiger charge is -2.08. The fraction of sp³-hybridized carbons (Fsp3) is 0.421. The van der Waals surface area contributed by atoms with Crippen LogP contribution < -0.4 is 0 Å². The van der Waals surface area contributed by atoms with E-state index in [0.717, 1.165) is 17.1 Å². The fourth-order valence-corrected chi connectivity index (χ4v) is 4.17. The Kier molecular flexibility index (Phi) is 6.82. The van der Waals surface area contributed by atoms with Crippen molar-refractivity contribution in [2.24, 2.45) is 0 Å². The van der Waals surface area contributed by atoms with Crippen LogP contribution in [0.25, 0.3) is 0 Å². The van der Waals surface area contributed by atoms with Crippen LogP contribution in [0.4, 0.5) is 0 Å². The predicted octanol–water partition coefficient (Wildman–Crippen LogP) is 5.26. The zero-order valence-corrected chi connectivity index (χ0v) is 16.8. The molecule has 3 rings (SSSR count). The quantitative estimate of drug-likeness (QED) is 0.465. The standard InChI is InChI=1S/C19H23N3O2S2/c1-4-23-14(3)18-20-16(11-25-18)12-26-19-22-21-17(24-19)10-13(2)15-8-6-5-7-9-15/h5-9,11,13-14H,4,10,12H2,1-3H3. The van der Waals surface area contributed by atoms with E-state index in [9.17, 15) is 0 Å². The molecule has 3 aromatic rings. The minimum Gasteiger partial charge on any atom is -0.416 e. The van der Waals surface area contributed by atoms with Crippen molar-refractivity contribution in [2.45, 2.75) is 50.2 Å². The number of hydrogen-bond donors (Lipinski definition) is 0. The van der Waals surface area contributed by atoms with Gasteiger partial charge in [-0.15, -0.1) is 21.5 Å². The number of benzene rings is 1. The van der Waals surface area contributed by atoms with Crippen LogP contribution in [0.5, 0.6) is 0 Å². The SMILES string of the molecule is CCOC(C)c1nc(CSc2nnc(CC(C)c3ccccc3)o2)cs1. The van der Waals surface area contributed by atoms with Gasteiger partial charge < -0.3 is 9.15 Å². The molecular weight excluding hydrogens is 366 g/mol. The van der Waals surface area contributed by atoms with Gasteiger partial charge in [0.15, 0.2) is 0 Å². The summed E-state index contributed by atoms with van der Waals surface area (Å²) < 4.78 is 11.4. The topological polar surface area (TPSA) is 61.0 Å². The first kappa shape index (κ1) is 19.1. The zero-order valence-electron chi connectivity index (χ0n) is 15.2. The van der Waals surface area contributed by atoms with Gasteiger partial charge in [0, 0.05) is 24.2 Å². The van der Waals surface area contributed by atoms with Crippen LogP contribution in [0.1, 0.15) is 54.9 Å². The van der Waals surface area contributed by atoms with Crippen molar-refractivity contribution < 1.29 is 9.15 Å². The molecule has 7 heteroatoms. The van der Waals surface area contributed by atoms with Crippen molar-refractivity contribution in [3.8, 4) is 0 Å². The molecule has 0 spiro atoms. The fourth-order valence-electron chi connectivity index (χ4n) is 2.57. The normalized spacial score (nSPS) is 13.7. The Morgan fingerprint density at radius 1 is 1.19 bits per heavy atom. The lowest BCUT2D eigenvalue weighted by Crippen LogP contribution is -1.98. The van der Waals surface area contributed by atoms with E-state index < -0.39 is 0 Å². The van der Waals surface area contributed by atoms with Crippen LogP contribution >= 0.6 is 23.1 Å². The first-order chi connectivity index (χ1) is 12.7. The first-order valence-corrected chi connectivity index (χ1v) is 10.6. The van der Waals surface area contributed by atoms with E-state index in [1.165, 1.54) is 17.3 Å². The van der Waals surface area contributed by atoms with E-state index in [1.807, 2.05) is 19.9 Å². The third-order valence-corrected chi connectivity index (χ3v) is 5.88. The number of rotatable bonds is 9. The summed E-state index contributed by atoms with van der Waals surface area (Å²) in [5.41, 5.74) is 2.29. The van der Waals surface area contributed by atoms with Gasteiger partial charge in [-0.3, -0.25) is 0 Å². The van der Waals surface area contributed by atoms with Crippen LogP contribution in [0, 0.1) is 0 Å². The molecular formula is C19H23N3O2S2. The Morgan fingerprint density at radius 3 is 2.77 bits per heavy atom. The van der Waals surface area contributed by atoms with E-state index in [0.29, 0.717) is 29.4 Å². The molecule has 26 heavy (non-hydrogen) atoms. The highest BCUT2D eigenvalue weighted by Gasteiger charge is 2.14. The molecule has 1 aromatic carbocycles. The number of ether oxygens (including phenoxy) is 1. The molecule has 0 N–H and O–H groups in total. The molecule has 0 aliphatic rings. The second-order valence-electron chi connectivity index (χ2n) is 6.04. The molecule has 2 heterocycles. The van der Waals surface area contributed by atoms with Gasteiger partial charge >= 0.3 is 0 Å². The van der Waals surface area contributed by atoms with E-state index in [4.69, 9.17) is 9.15 Å². The highest BCUT2D eigenvalue weighted by molar-refractivity contribution is 7.98. The van der Waals surface area contributed by atoms with Crippen LogP contribution in [0.2, 0.25) is 0 Å². The maximum absolute atomic E-state index is 5.78. The summed E-state index contributed by atoms with van der Waals surface area (Å²) in [5.74, 6) is 1.73. The molecule has 0 saturated carbocycles. The number of aromatic nitrogens is 3. The minimum absolute atomic E-state index is 0.0400. The summed E-state index contributed by atoms with van der Waals surface area (Å²) >= 11 is 3.15. The molecule has 2 aromatic heterocycles. The van der Waals surface area contributed by atoms with Crippen molar-refractivity contribution in [3.63, 3.8) is 0 Å². The van der Waals surface area contributed by atoms with Crippen molar-refractivity contribution in [1.82, 2.24) is 15.2 Å². The largest absolute Gasteiger partial charge is 0.416 e. The molecule has 0 aliphatic heterocycles. The summed E-state index contributed by atoms with van der Waals surface area (Å²) in [6, 6.07) is 10.4. The Balaban J connectivity index is 1.52. The Hall–Kier alpha value is -1.70. The molecule has 0 amide bonds. The summed E-state index contributed by atoms with van der Waals surface area (Å²) in [6.45, 7) is 6.88. The lowest BCUT2D eigenvalue weighted by atomic mass is 9.98. The first-order valence-electron chi connectivity index (χ1n) is 8.71. The van der Waals surface area contributed by atoms with Crippen molar-refractivity contribution in [3.05, 3.63) is 57.9 Å². The van der Waals surface area contributed by atoms with Crippen LogP contribution in [-0.2, 0) is 16.9 Å². The molecule has 0 radical (unpaired) electrons. The molecule has 0 bridgehead atoms. The minimum atomic E-state index is 0.0400. The molecule has 0 saturated heterocycles. The Labute approximate surface area is 162 Å². The molecule has 2 unspecified atom stereocenters. The second-order valence-corrected chi connectivity index (χ2v) is 7.86. The highest BCUT2D eigenvalue weighted by Crippen LogP contribution is 2.27. The van der Waals surface area contributed by atoms with E-state index >= 15 is 0 Å². The van der Waals surface area contributed by atoms with Crippen molar-refractivity contribution in [1.29, 1.82) is 0 Å². The smallest absolute Gasteiger partial charge is 0.276 e. The second kappa shape index (κ2) is 9.30. The highest BCUT2D eigenvalue weighted by atomic mass is 32.2. The van der Waals surface area contributed by atoms with Gasteiger partial charge in [-0.05, 0) is 25.3 Å². The third-order valence-electron chi connectivity index (χ3n) is 3.98. The van der Waals surface area contributed by atoms with Gasteiger partial charge in [-0.1, -0.05) is 49.0 Å². The van der Waals surface area contributed by atoms with Gasteiger partial charge in [0.25, 0.3) is 5.22 Å². The van der Waals surface area contributed by atoms with Gasteiger partial charge in [0.05, 0.1) is 5.69 Å². The third kappa shape index (κ3) is 5.16. The molecule has 0 aliphatic carbocycles. The Bertz CT molecular complexity index is 804. The number of thioether (sulfide) groups is 1. The number of thiazole rings is 1. The predicted molar refractivity (Wildman–Crippen MR) is 105 cm³/mol. The summed E-state index contributed by atoms with van der Waals surface area (Å²) in [5, 5.41) is 12.0. The van der Waals surface area contributed by atoms with E-state index in [1.54, 1.807) is 11.3 Å². The van der Waals surface area contributed by atoms with Gasteiger partial charge in [0.1, 0.15) is 11.1 Å². The number of nitrogens with zero attached hydrogens (tertiary/aromatic N) is 3. The van der Waals surface area contributed by atoms with Crippen LogP contribution in [0.15, 0.2) is 45.4 Å². The maximum atomic E-state index is 5.78. The van der Waals surface area contributed by atoms with Crippen LogP contribution in [0.3, 0.4) is 0 Å².